The number of hydrogen-bond acceptors (Lipinski definition) is 4. The molecule has 1 aromatic carbocycles. The lowest BCUT2D eigenvalue weighted by atomic mass is 9.80. The summed E-state index contributed by atoms with van der Waals surface area (Å²) in [6, 6.07) is 5.71. The Labute approximate surface area is 101 Å². The fraction of sp³-hybridized carbons (Fsp3) is 0.462. The van der Waals surface area contributed by atoms with E-state index in [0.717, 1.165) is 16.9 Å². The molecule has 0 aliphatic heterocycles. The van der Waals surface area contributed by atoms with Crippen LogP contribution in [0.3, 0.4) is 0 Å². The molecule has 0 radical (unpaired) electrons. The Balaban J connectivity index is 2.35. The number of esters is 1. The number of hydrogen-bond donors (Lipinski definition) is 1. The summed E-state index contributed by atoms with van der Waals surface area (Å²) in [6.45, 7) is 0. The molecular weight excluding hydrogens is 218 g/mol. The van der Waals surface area contributed by atoms with Crippen LogP contribution >= 0.6 is 0 Å². The van der Waals surface area contributed by atoms with E-state index in [9.17, 15) is 4.79 Å². The second-order valence-electron chi connectivity index (χ2n) is 4.30. The van der Waals surface area contributed by atoms with Crippen LogP contribution in [-0.2, 0) is 22.4 Å². The summed E-state index contributed by atoms with van der Waals surface area (Å²) in [5.74, 6) is 0.307. The monoisotopic (exact) mass is 235 g/mol. The number of nitrogens with two attached hydrogens (primary N) is 1. The molecule has 2 atom stereocenters. The molecule has 0 amide bonds. The molecule has 1 aromatic rings. The molecule has 0 saturated carbocycles. The third kappa shape index (κ3) is 2.13. The van der Waals surface area contributed by atoms with Crippen molar-refractivity contribution in [2.75, 3.05) is 14.2 Å². The predicted octanol–water partition coefficient (Wildman–Crippen LogP) is 0.910. The average molecular weight is 235 g/mol. The zero-order valence-electron chi connectivity index (χ0n) is 10.1. The molecule has 2 rings (SSSR count). The zero-order chi connectivity index (χ0) is 12.4. The first-order valence-electron chi connectivity index (χ1n) is 5.65. The van der Waals surface area contributed by atoms with E-state index in [0.29, 0.717) is 12.8 Å². The van der Waals surface area contributed by atoms with Crippen molar-refractivity contribution in [1.29, 1.82) is 0 Å². The van der Waals surface area contributed by atoms with Gasteiger partial charge in [-0.3, -0.25) is 4.79 Å². The number of ether oxygens (including phenoxy) is 2. The summed E-state index contributed by atoms with van der Waals surface area (Å²) < 4.78 is 10.1. The van der Waals surface area contributed by atoms with Gasteiger partial charge in [-0.15, -0.1) is 0 Å². The van der Waals surface area contributed by atoms with Crippen molar-refractivity contribution in [2.45, 2.75) is 18.9 Å². The van der Waals surface area contributed by atoms with Crippen LogP contribution in [0.5, 0.6) is 5.75 Å². The normalized spacial score (nSPS) is 22.8. The number of carbonyl (C=O) groups excluding carboxylic acids is 1. The fourth-order valence-corrected chi connectivity index (χ4v) is 2.40. The van der Waals surface area contributed by atoms with Crippen molar-refractivity contribution in [1.82, 2.24) is 0 Å². The predicted molar refractivity (Wildman–Crippen MR) is 63.9 cm³/mol. The Morgan fingerprint density at radius 2 is 2.12 bits per heavy atom. The molecule has 92 valence electrons. The maximum absolute atomic E-state index is 11.6. The minimum Gasteiger partial charge on any atom is -0.496 e. The largest absolute Gasteiger partial charge is 0.496 e. The third-order valence-corrected chi connectivity index (χ3v) is 3.35. The second-order valence-corrected chi connectivity index (χ2v) is 4.30. The van der Waals surface area contributed by atoms with Gasteiger partial charge in [0.1, 0.15) is 5.75 Å². The van der Waals surface area contributed by atoms with Crippen molar-refractivity contribution < 1.29 is 14.3 Å². The summed E-state index contributed by atoms with van der Waals surface area (Å²) in [7, 11) is 3.03. The lowest BCUT2D eigenvalue weighted by Crippen LogP contribution is -2.42. The van der Waals surface area contributed by atoms with Gasteiger partial charge in [-0.05, 0) is 30.0 Å². The maximum Gasteiger partial charge on any atom is 0.310 e. The second kappa shape index (κ2) is 4.75. The van der Waals surface area contributed by atoms with E-state index in [-0.39, 0.29) is 17.9 Å². The Hall–Kier alpha value is -1.55. The minimum absolute atomic E-state index is 0.179. The first-order valence-corrected chi connectivity index (χ1v) is 5.65. The number of benzene rings is 1. The Kier molecular flexibility index (Phi) is 3.33. The third-order valence-electron chi connectivity index (χ3n) is 3.35. The molecule has 0 spiro atoms. The highest BCUT2D eigenvalue weighted by Gasteiger charge is 2.33. The molecule has 0 bridgehead atoms. The van der Waals surface area contributed by atoms with E-state index in [1.807, 2.05) is 18.2 Å². The Bertz CT molecular complexity index is 431. The van der Waals surface area contributed by atoms with Crippen LogP contribution in [0.4, 0.5) is 0 Å². The highest BCUT2D eigenvalue weighted by Crippen LogP contribution is 2.32. The topological polar surface area (TPSA) is 61.5 Å². The van der Waals surface area contributed by atoms with Gasteiger partial charge in [0.05, 0.1) is 20.1 Å². The SMILES string of the molecule is COC(=O)[C@H]1Cc2c(cccc2OC)C[C@H]1N. The van der Waals surface area contributed by atoms with Crippen LogP contribution < -0.4 is 10.5 Å². The Morgan fingerprint density at radius 3 is 2.76 bits per heavy atom. The first kappa shape index (κ1) is 11.9. The molecule has 17 heavy (non-hydrogen) atoms. The molecule has 4 heteroatoms. The first-order chi connectivity index (χ1) is 8.17. The van der Waals surface area contributed by atoms with Crippen molar-refractivity contribution in [3.05, 3.63) is 29.3 Å². The lowest BCUT2D eigenvalue weighted by molar-refractivity contribution is -0.146. The quantitative estimate of drug-likeness (QED) is 0.774. The van der Waals surface area contributed by atoms with Gasteiger partial charge in [0.2, 0.25) is 0 Å². The van der Waals surface area contributed by atoms with Crippen molar-refractivity contribution >= 4 is 5.97 Å². The smallest absolute Gasteiger partial charge is 0.310 e. The van der Waals surface area contributed by atoms with Crippen molar-refractivity contribution in [3.8, 4) is 5.75 Å². The molecule has 2 N–H and O–H groups in total. The van der Waals surface area contributed by atoms with Crippen LogP contribution in [-0.4, -0.2) is 26.2 Å². The van der Waals surface area contributed by atoms with Gasteiger partial charge in [-0.2, -0.15) is 0 Å². The van der Waals surface area contributed by atoms with Gasteiger partial charge in [0.25, 0.3) is 0 Å². The van der Waals surface area contributed by atoms with Crippen LogP contribution in [0.15, 0.2) is 18.2 Å². The summed E-state index contributed by atoms with van der Waals surface area (Å²) in [5, 5.41) is 0. The summed E-state index contributed by atoms with van der Waals surface area (Å²) >= 11 is 0. The van der Waals surface area contributed by atoms with Crippen LogP contribution in [0.1, 0.15) is 11.1 Å². The van der Waals surface area contributed by atoms with E-state index in [1.165, 1.54) is 7.11 Å². The van der Waals surface area contributed by atoms with Gasteiger partial charge in [-0.1, -0.05) is 12.1 Å². The highest BCUT2D eigenvalue weighted by atomic mass is 16.5. The Morgan fingerprint density at radius 1 is 1.35 bits per heavy atom. The molecule has 1 aliphatic carbocycles. The van der Waals surface area contributed by atoms with Crippen LogP contribution in [0.25, 0.3) is 0 Å². The number of carbonyl (C=O) groups is 1. The fourth-order valence-electron chi connectivity index (χ4n) is 2.40. The molecule has 0 heterocycles. The van der Waals surface area contributed by atoms with Crippen LogP contribution in [0, 0.1) is 5.92 Å². The van der Waals surface area contributed by atoms with E-state index < -0.39 is 0 Å². The van der Waals surface area contributed by atoms with E-state index in [4.69, 9.17) is 15.2 Å². The molecule has 0 aromatic heterocycles. The van der Waals surface area contributed by atoms with E-state index in [1.54, 1.807) is 7.11 Å². The van der Waals surface area contributed by atoms with E-state index in [2.05, 4.69) is 0 Å². The highest BCUT2D eigenvalue weighted by molar-refractivity contribution is 5.74. The average Bonchev–Trinajstić information content (AvgIpc) is 2.36. The molecule has 4 nitrogen and oxygen atoms in total. The van der Waals surface area contributed by atoms with Gasteiger partial charge in [-0.25, -0.2) is 0 Å². The lowest BCUT2D eigenvalue weighted by Gasteiger charge is -2.29. The number of rotatable bonds is 2. The van der Waals surface area contributed by atoms with Gasteiger partial charge in [0.15, 0.2) is 0 Å². The van der Waals surface area contributed by atoms with Gasteiger partial charge < -0.3 is 15.2 Å². The van der Waals surface area contributed by atoms with Gasteiger partial charge >= 0.3 is 5.97 Å². The number of methoxy groups -OCH3 is 2. The molecular formula is C13H17NO3. The molecule has 0 unspecified atom stereocenters. The van der Waals surface area contributed by atoms with Crippen molar-refractivity contribution in [3.63, 3.8) is 0 Å². The molecule has 1 aliphatic rings. The standard InChI is InChI=1S/C13H17NO3/c1-16-12-5-3-4-8-6-11(14)10(7-9(8)12)13(15)17-2/h3-5,10-11H,6-7,14H2,1-2H3/t10-,11+/m0/s1. The van der Waals surface area contributed by atoms with Gasteiger partial charge in [0, 0.05) is 6.04 Å². The maximum atomic E-state index is 11.6. The zero-order valence-corrected chi connectivity index (χ0v) is 10.1. The summed E-state index contributed by atoms with van der Waals surface area (Å²) in [4.78, 5) is 11.6. The molecule has 0 saturated heterocycles. The van der Waals surface area contributed by atoms with E-state index >= 15 is 0 Å². The summed E-state index contributed by atoms with van der Waals surface area (Å²) in [6.07, 6.45) is 1.28. The minimum atomic E-state index is -0.274. The number of fused-ring (bicyclic) bond motifs is 1. The van der Waals surface area contributed by atoms with Crippen LogP contribution in [0.2, 0.25) is 0 Å². The van der Waals surface area contributed by atoms with Crippen molar-refractivity contribution in [2.24, 2.45) is 11.7 Å². The molecule has 0 fully saturated rings. The summed E-state index contributed by atoms with van der Waals surface area (Å²) in [5.41, 5.74) is 8.26.